The zero-order chi connectivity index (χ0) is 15.7. The van der Waals surface area contributed by atoms with E-state index in [9.17, 15) is 4.79 Å². The van der Waals surface area contributed by atoms with Crippen LogP contribution in [-0.2, 0) is 9.53 Å². The number of hydrogen-bond donors (Lipinski definition) is 1. The number of nitrogens with zero attached hydrogens (tertiary/aromatic N) is 3. The van der Waals surface area contributed by atoms with E-state index < -0.39 is 0 Å². The van der Waals surface area contributed by atoms with Gasteiger partial charge in [0.2, 0.25) is 5.91 Å². The van der Waals surface area contributed by atoms with Crippen LogP contribution in [0.15, 0.2) is 12.5 Å². The zero-order valence-electron chi connectivity index (χ0n) is 13.7. The second kappa shape index (κ2) is 6.01. The topological polar surface area (TPSA) is 59.4 Å². The molecule has 2 saturated heterocycles. The largest absolute Gasteiger partial charge is 0.383 e. The molecule has 2 fully saturated rings. The van der Waals surface area contributed by atoms with Crippen molar-refractivity contribution < 1.29 is 9.53 Å². The predicted octanol–water partition coefficient (Wildman–Crippen LogP) is 1.02. The van der Waals surface area contributed by atoms with Gasteiger partial charge in [0.25, 0.3) is 0 Å². The van der Waals surface area contributed by atoms with E-state index in [2.05, 4.69) is 34.9 Å². The second-order valence-corrected chi connectivity index (χ2v) is 6.71. The molecule has 1 aromatic heterocycles. The summed E-state index contributed by atoms with van der Waals surface area (Å²) in [6.45, 7) is 7.98. The van der Waals surface area contributed by atoms with Gasteiger partial charge in [-0.05, 0) is 20.3 Å². The lowest BCUT2D eigenvalue weighted by molar-refractivity contribution is -0.136. The highest BCUT2D eigenvalue weighted by atomic mass is 16.5. The van der Waals surface area contributed by atoms with Crippen molar-refractivity contribution in [2.75, 3.05) is 39.9 Å². The molecule has 22 heavy (non-hydrogen) atoms. The van der Waals surface area contributed by atoms with Gasteiger partial charge in [0.1, 0.15) is 0 Å². The molecule has 6 nitrogen and oxygen atoms in total. The van der Waals surface area contributed by atoms with Crippen molar-refractivity contribution in [1.29, 1.82) is 0 Å². The molecule has 0 radical (unpaired) electrons. The van der Waals surface area contributed by atoms with Gasteiger partial charge < -0.3 is 19.5 Å². The molecule has 0 aliphatic carbocycles. The van der Waals surface area contributed by atoms with Gasteiger partial charge in [-0.15, -0.1) is 0 Å². The third-order valence-corrected chi connectivity index (χ3v) is 5.14. The first kappa shape index (κ1) is 15.5. The summed E-state index contributed by atoms with van der Waals surface area (Å²) in [5.74, 6) is 0.436. The van der Waals surface area contributed by atoms with Gasteiger partial charge in [0, 0.05) is 51.4 Å². The molecule has 2 aliphatic rings. The number of imidazole rings is 1. The number of nitrogens with one attached hydrogen (secondary N) is 1. The Morgan fingerprint density at radius 1 is 1.55 bits per heavy atom. The lowest BCUT2D eigenvalue weighted by Crippen LogP contribution is -2.40. The Morgan fingerprint density at radius 3 is 3.05 bits per heavy atom. The quantitative estimate of drug-likeness (QED) is 0.882. The van der Waals surface area contributed by atoms with Gasteiger partial charge in [-0.1, -0.05) is 0 Å². The summed E-state index contributed by atoms with van der Waals surface area (Å²) in [4.78, 5) is 19.5. The van der Waals surface area contributed by atoms with Crippen LogP contribution >= 0.6 is 0 Å². The maximum atomic E-state index is 13.0. The van der Waals surface area contributed by atoms with Crippen LogP contribution in [0.2, 0.25) is 0 Å². The number of ether oxygens (including phenoxy) is 1. The number of carbonyl (C=O) groups is 1. The molecular weight excluding hydrogens is 280 g/mol. The molecule has 1 N–H and O–H groups in total. The van der Waals surface area contributed by atoms with Crippen molar-refractivity contribution >= 4 is 5.91 Å². The highest BCUT2D eigenvalue weighted by molar-refractivity contribution is 5.86. The molecule has 1 amide bonds. The molecule has 122 valence electrons. The Morgan fingerprint density at radius 2 is 2.36 bits per heavy atom. The second-order valence-electron chi connectivity index (χ2n) is 6.71. The van der Waals surface area contributed by atoms with Crippen LogP contribution in [0.25, 0.3) is 0 Å². The summed E-state index contributed by atoms with van der Waals surface area (Å²) < 4.78 is 7.23. The third kappa shape index (κ3) is 2.44. The first-order valence-electron chi connectivity index (χ1n) is 8.11. The number of aromatic nitrogens is 2. The third-order valence-electron chi connectivity index (χ3n) is 5.14. The molecule has 2 atom stereocenters. The maximum absolute atomic E-state index is 13.0. The lowest BCUT2D eigenvalue weighted by Gasteiger charge is -2.27. The van der Waals surface area contributed by atoms with Gasteiger partial charge in [-0.25, -0.2) is 4.98 Å². The summed E-state index contributed by atoms with van der Waals surface area (Å²) in [5, 5.41) is 3.42. The molecule has 1 spiro atoms. The molecule has 6 heteroatoms. The number of amides is 1. The Hall–Kier alpha value is -1.40. The van der Waals surface area contributed by atoms with Crippen LogP contribution in [0.5, 0.6) is 0 Å². The normalized spacial score (nSPS) is 28.5. The van der Waals surface area contributed by atoms with Gasteiger partial charge in [-0.3, -0.25) is 4.79 Å². The van der Waals surface area contributed by atoms with Crippen molar-refractivity contribution in [2.45, 2.75) is 32.2 Å². The minimum atomic E-state index is -0.316. The summed E-state index contributed by atoms with van der Waals surface area (Å²) in [6.07, 6.45) is 4.89. The summed E-state index contributed by atoms with van der Waals surface area (Å²) >= 11 is 0. The minimum absolute atomic E-state index is 0.174. The van der Waals surface area contributed by atoms with E-state index in [0.29, 0.717) is 19.2 Å². The van der Waals surface area contributed by atoms with E-state index in [1.807, 2.05) is 11.2 Å². The molecule has 0 saturated carbocycles. The molecule has 0 unspecified atom stereocenters. The first-order valence-corrected chi connectivity index (χ1v) is 8.11. The van der Waals surface area contributed by atoms with Crippen molar-refractivity contribution in [2.24, 2.45) is 5.41 Å². The van der Waals surface area contributed by atoms with Gasteiger partial charge in [-0.2, -0.15) is 0 Å². The van der Waals surface area contributed by atoms with Crippen molar-refractivity contribution in [3.63, 3.8) is 0 Å². The lowest BCUT2D eigenvalue weighted by atomic mass is 9.75. The van der Waals surface area contributed by atoms with Crippen LogP contribution in [0.4, 0.5) is 0 Å². The Labute approximate surface area is 131 Å². The standard InChI is InChI=1S/C16H26N4O2/c1-12(2)20-9-14(18-11-20)13-8-17-10-16(13)4-5-19(15(16)21)6-7-22-3/h9,11-13,17H,4-8,10H2,1-3H3/t13-,16-/m0/s1. The fourth-order valence-electron chi connectivity index (χ4n) is 3.72. The minimum Gasteiger partial charge on any atom is -0.383 e. The summed E-state index contributed by atoms with van der Waals surface area (Å²) in [6, 6.07) is 0.393. The Balaban J connectivity index is 1.81. The fraction of sp³-hybridized carbons (Fsp3) is 0.750. The van der Waals surface area contributed by atoms with E-state index in [0.717, 1.165) is 31.7 Å². The average molecular weight is 306 g/mol. The summed E-state index contributed by atoms with van der Waals surface area (Å²) in [5.41, 5.74) is 0.727. The van der Waals surface area contributed by atoms with Crippen LogP contribution in [0, 0.1) is 5.41 Å². The van der Waals surface area contributed by atoms with Crippen LogP contribution in [0.1, 0.15) is 37.9 Å². The Bertz CT molecular complexity index is 542. The molecule has 1 aromatic rings. The summed E-state index contributed by atoms with van der Waals surface area (Å²) in [7, 11) is 1.68. The van der Waals surface area contributed by atoms with E-state index in [1.54, 1.807) is 7.11 Å². The number of rotatable bonds is 5. The highest BCUT2D eigenvalue weighted by Gasteiger charge is 2.55. The average Bonchev–Trinajstić information content (AvgIpc) is 3.19. The van der Waals surface area contributed by atoms with Gasteiger partial charge >= 0.3 is 0 Å². The van der Waals surface area contributed by atoms with E-state index >= 15 is 0 Å². The van der Waals surface area contributed by atoms with Crippen LogP contribution in [0.3, 0.4) is 0 Å². The van der Waals surface area contributed by atoms with Crippen molar-refractivity contribution in [3.8, 4) is 0 Å². The SMILES string of the molecule is COCCN1CC[C@@]2(CNC[C@H]2c2cn(C(C)C)cn2)C1=O. The van der Waals surface area contributed by atoms with E-state index in [1.165, 1.54) is 0 Å². The van der Waals surface area contributed by atoms with Crippen LogP contribution in [-0.4, -0.2) is 60.3 Å². The van der Waals surface area contributed by atoms with E-state index in [-0.39, 0.29) is 17.2 Å². The molecule has 3 rings (SSSR count). The monoisotopic (exact) mass is 306 g/mol. The van der Waals surface area contributed by atoms with Gasteiger partial charge in [0.05, 0.1) is 24.0 Å². The van der Waals surface area contributed by atoms with E-state index in [4.69, 9.17) is 4.74 Å². The smallest absolute Gasteiger partial charge is 0.230 e. The molecule has 0 aromatic carbocycles. The fourth-order valence-corrected chi connectivity index (χ4v) is 3.72. The molecular formula is C16H26N4O2. The van der Waals surface area contributed by atoms with Gasteiger partial charge in [0.15, 0.2) is 0 Å². The van der Waals surface area contributed by atoms with Crippen LogP contribution < -0.4 is 5.32 Å². The molecule has 0 bridgehead atoms. The Kier molecular flexibility index (Phi) is 4.23. The molecule has 2 aliphatic heterocycles. The predicted molar refractivity (Wildman–Crippen MR) is 83.7 cm³/mol. The number of carbonyl (C=O) groups excluding carboxylic acids is 1. The zero-order valence-corrected chi connectivity index (χ0v) is 13.7. The number of methoxy groups -OCH3 is 1. The maximum Gasteiger partial charge on any atom is 0.230 e. The molecule has 3 heterocycles. The van der Waals surface area contributed by atoms with Crippen molar-refractivity contribution in [3.05, 3.63) is 18.2 Å². The number of likely N-dealkylation sites (tertiary alicyclic amines) is 1. The van der Waals surface area contributed by atoms with Crippen molar-refractivity contribution in [1.82, 2.24) is 19.8 Å². The highest BCUT2D eigenvalue weighted by Crippen LogP contribution is 2.46. The first-order chi connectivity index (χ1) is 10.6. The number of hydrogen-bond acceptors (Lipinski definition) is 4.